The first-order valence-electron chi connectivity index (χ1n) is 4.92. The van der Waals surface area contributed by atoms with Crippen LogP contribution in [0.15, 0.2) is 0 Å². The normalized spacial score (nSPS) is 11.6. The third-order valence-corrected chi connectivity index (χ3v) is 1.93. The number of nitrogens with zero attached hydrogens (tertiary/aromatic N) is 3. The molecular formula is C10H19N3. The Morgan fingerprint density at radius 3 is 2.23 bits per heavy atom. The summed E-state index contributed by atoms with van der Waals surface area (Å²) in [7, 11) is 0. The first-order valence-corrected chi connectivity index (χ1v) is 4.92. The van der Waals surface area contributed by atoms with Crippen molar-refractivity contribution in [2.24, 2.45) is 5.92 Å². The highest BCUT2D eigenvalue weighted by Crippen LogP contribution is 2.10. The Balaban J connectivity index is 2.83. The van der Waals surface area contributed by atoms with Gasteiger partial charge in [-0.3, -0.25) is 0 Å². The fourth-order valence-electron chi connectivity index (χ4n) is 1.21. The van der Waals surface area contributed by atoms with Crippen LogP contribution in [0.3, 0.4) is 0 Å². The Kier molecular flexibility index (Phi) is 3.07. The zero-order valence-electron chi connectivity index (χ0n) is 9.20. The summed E-state index contributed by atoms with van der Waals surface area (Å²) < 4.78 is 2.00. The molecule has 0 saturated heterocycles. The smallest absolute Gasteiger partial charge is 0.153 e. The van der Waals surface area contributed by atoms with Crippen molar-refractivity contribution in [2.75, 3.05) is 0 Å². The maximum Gasteiger partial charge on any atom is 0.153 e. The van der Waals surface area contributed by atoms with E-state index in [1.165, 1.54) is 0 Å². The Morgan fingerprint density at radius 2 is 1.85 bits per heavy atom. The van der Waals surface area contributed by atoms with E-state index in [1.807, 2.05) is 11.6 Å². The summed E-state index contributed by atoms with van der Waals surface area (Å²) in [6, 6.07) is 0. The largest absolute Gasteiger partial charge is 0.250 e. The Hall–Kier alpha value is -0.860. The minimum absolute atomic E-state index is 0.423. The molecule has 0 atom stereocenters. The molecular weight excluding hydrogens is 162 g/mol. The van der Waals surface area contributed by atoms with E-state index in [2.05, 4.69) is 37.8 Å². The molecule has 0 aliphatic carbocycles. The molecule has 0 aliphatic heterocycles. The highest BCUT2D eigenvalue weighted by atomic mass is 15.3. The van der Waals surface area contributed by atoms with Crippen LogP contribution in [0, 0.1) is 12.8 Å². The van der Waals surface area contributed by atoms with E-state index in [0.29, 0.717) is 11.8 Å². The molecule has 3 nitrogen and oxygen atoms in total. The minimum Gasteiger partial charge on any atom is -0.250 e. The van der Waals surface area contributed by atoms with E-state index in [1.54, 1.807) is 0 Å². The van der Waals surface area contributed by atoms with Crippen molar-refractivity contribution >= 4 is 0 Å². The van der Waals surface area contributed by atoms with Gasteiger partial charge in [-0.15, -0.1) is 0 Å². The molecule has 0 aromatic carbocycles. The molecule has 0 fully saturated rings. The van der Waals surface area contributed by atoms with Crippen LogP contribution in [0.2, 0.25) is 0 Å². The van der Waals surface area contributed by atoms with Gasteiger partial charge >= 0.3 is 0 Å². The average molecular weight is 181 g/mol. The monoisotopic (exact) mass is 181 g/mol. The summed E-state index contributed by atoms with van der Waals surface area (Å²) >= 11 is 0. The number of rotatable bonds is 3. The van der Waals surface area contributed by atoms with Crippen LogP contribution >= 0.6 is 0 Å². The molecule has 0 N–H and O–H groups in total. The molecule has 1 heterocycles. The van der Waals surface area contributed by atoms with Gasteiger partial charge in [0, 0.05) is 12.5 Å². The highest BCUT2D eigenvalue weighted by molar-refractivity contribution is 4.95. The molecule has 0 bridgehead atoms. The fraction of sp³-hybridized carbons (Fsp3) is 0.800. The second kappa shape index (κ2) is 3.90. The fourth-order valence-corrected chi connectivity index (χ4v) is 1.21. The molecule has 0 unspecified atom stereocenters. The van der Waals surface area contributed by atoms with Crippen molar-refractivity contribution in [3.05, 3.63) is 11.6 Å². The van der Waals surface area contributed by atoms with Crippen LogP contribution in [0.4, 0.5) is 0 Å². The molecule has 0 spiro atoms. The predicted octanol–water partition coefficient (Wildman–Crippen LogP) is 2.37. The van der Waals surface area contributed by atoms with Gasteiger partial charge in [0.2, 0.25) is 0 Å². The molecule has 0 saturated carbocycles. The molecule has 0 aliphatic rings. The molecule has 1 aromatic rings. The van der Waals surface area contributed by atoms with Crippen LogP contribution in [0.25, 0.3) is 0 Å². The zero-order chi connectivity index (χ0) is 10.0. The lowest BCUT2D eigenvalue weighted by Crippen LogP contribution is -2.08. The van der Waals surface area contributed by atoms with Gasteiger partial charge in [-0.25, -0.2) is 9.67 Å². The van der Waals surface area contributed by atoms with E-state index >= 15 is 0 Å². The zero-order valence-corrected chi connectivity index (χ0v) is 9.20. The van der Waals surface area contributed by atoms with Crippen LogP contribution in [-0.4, -0.2) is 14.8 Å². The van der Waals surface area contributed by atoms with Gasteiger partial charge in [-0.1, -0.05) is 27.7 Å². The van der Waals surface area contributed by atoms with Crippen molar-refractivity contribution in [3.8, 4) is 0 Å². The molecule has 1 aromatic heterocycles. The standard InChI is InChI=1S/C10H19N3/c1-7(2)6-13-9(5)11-10(12-13)8(3)4/h7-8H,6H2,1-5H3. The van der Waals surface area contributed by atoms with Gasteiger partial charge in [0.05, 0.1) is 0 Å². The quantitative estimate of drug-likeness (QED) is 0.716. The third kappa shape index (κ3) is 2.54. The summed E-state index contributed by atoms with van der Waals surface area (Å²) in [5.74, 6) is 3.03. The molecule has 74 valence electrons. The minimum atomic E-state index is 0.423. The lowest BCUT2D eigenvalue weighted by molar-refractivity contribution is 0.469. The van der Waals surface area contributed by atoms with E-state index < -0.39 is 0 Å². The van der Waals surface area contributed by atoms with Crippen LogP contribution in [0.5, 0.6) is 0 Å². The summed E-state index contributed by atoms with van der Waals surface area (Å²) in [6.07, 6.45) is 0. The highest BCUT2D eigenvalue weighted by Gasteiger charge is 2.09. The Labute approximate surface area is 80.2 Å². The van der Waals surface area contributed by atoms with Crippen LogP contribution < -0.4 is 0 Å². The number of hydrogen-bond donors (Lipinski definition) is 0. The van der Waals surface area contributed by atoms with E-state index in [4.69, 9.17) is 0 Å². The Bertz CT molecular complexity index is 274. The maximum atomic E-state index is 4.46. The molecule has 1 rings (SSSR count). The van der Waals surface area contributed by atoms with Gasteiger partial charge in [-0.2, -0.15) is 5.10 Å². The van der Waals surface area contributed by atoms with Crippen molar-refractivity contribution < 1.29 is 0 Å². The van der Waals surface area contributed by atoms with Crippen LogP contribution in [-0.2, 0) is 6.54 Å². The van der Waals surface area contributed by atoms with Crippen molar-refractivity contribution in [1.82, 2.24) is 14.8 Å². The second-order valence-electron chi connectivity index (χ2n) is 4.25. The maximum absolute atomic E-state index is 4.46. The molecule has 13 heavy (non-hydrogen) atoms. The molecule has 0 radical (unpaired) electrons. The Morgan fingerprint density at radius 1 is 1.23 bits per heavy atom. The van der Waals surface area contributed by atoms with Crippen molar-refractivity contribution in [3.63, 3.8) is 0 Å². The van der Waals surface area contributed by atoms with E-state index in [0.717, 1.165) is 18.2 Å². The van der Waals surface area contributed by atoms with E-state index in [9.17, 15) is 0 Å². The molecule has 3 heteroatoms. The van der Waals surface area contributed by atoms with Gasteiger partial charge < -0.3 is 0 Å². The summed E-state index contributed by atoms with van der Waals surface area (Å²) in [5, 5.41) is 4.46. The molecule has 0 amide bonds. The van der Waals surface area contributed by atoms with Gasteiger partial charge in [0.15, 0.2) is 5.82 Å². The summed E-state index contributed by atoms with van der Waals surface area (Å²) in [4.78, 5) is 4.42. The lowest BCUT2D eigenvalue weighted by Gasteiger charge is -2.05. The van der Waals surface area contributed by atoms with Gasteiger partial charge in [-0.05, 0) is 12.8 Å². The topological polar surface area (TPSA) is 30.7 Å². The number of hydrogen-bond acceptors (Lipinski definition) is 2. The number of aryl methyl sites for hydroxylation is 1. The second-order valence-corrected chi connectivity index (χ2v) is 4.25. The van der Waals surface area contributed by atoms with Crippen molar-refractivity contribution in [2.45, 2.75) is 47.1 Å². The summed E-state index contributed by atoms with van der Waals surface area (Å²) in [6.45, 7) is 11.6. The average Bonchev–Trinajstić information content (AvgIpc) is 2.31. The van der Waals surface area contributed by atoms with Gasteiger partial charge in [0.1, 0.15) is 5.82 Å². The van der Waals surface area contributed by atoms with Crippen LogP contribution in [0.1, 0.15) is 45.3 Å². The number of aromatic nitrogens is 3. The first kappa shape index (κ1) is 10.2. The van der Waals surface area contributed by atoms with E-state index in [-0.39, 0.29) is 0 Å². The van der Waals surface area contributed by atoms with Gasteiger partial charge in [0.25, 0.3) is 0 Å². The predicted molar refractivity (Wildman–Crippen MR) is 53.7 cm³/mol. The first-order chi connectivity index (χ1) is 6.00. The SMILES string of the molecule is Cc1nc(C(C)C)nn1CC(C)C. The third-order valence-electron chi connectivity index (χ3n) is 1.93. The van der Waals surface area contributed by atoms with Crippen molar-refractivity contribution in [1.29, 1.82) is 0 Å². The summed E-state index contributed by atoms with van der Waals surface area (Å²) in [5.41, 5.74) is 0. The lowest BCUT2D eigenvalue weighted by atomic mass is 10.2.